The number of nitrogens with two attached hydrogens (primary N) is 1. The Morgan fingerprint density at radius 2 is 2.00 bits per heavy atom. The standard InChI is InChI=1S/C11H15FN4O/c1-11(2,9(13)14)16-10(17)15-8-6-4-3-5-7(8)12/h3-6H,1-2H3,(H3,13,14)(H2,15,16,17). The second-order valence-corrected chi connectivity index (χ2v) is 4.10. The summed E-state index contributed by atoms with van der Waals surface area (Å²) in [5, 5.41) is 12.1. The van der Waals surface area contributed by atoms with Crippen molar-refractivity contribution in [1.29, 1.82) is 5.41 Å². The van der Waals surface area contributed by atoms with Gasteiger partial charge in [-0.05, 0) is 26.0 Å². The summed E-state index contributed by atoms with van der Waals surface area (Å²) in [4.78, 5) is 11.5. The van der Waals surface area contributed by atoms with Crippen molar-refractivity contribution in [3.63, 3.8) is 0 Å². The van der Waals surface area contributed by atoms with Crippen LogP contribution in [0.2, 0.25) is 0 Å². The number of carbonyl (C=O) groups excluding carboxylic acids is 1. The Balaban J connectivity index is 2.69. The van der Waals surface area contributed by atoms with Gasteiger partial charge in [-0.15, -0.1) is 0 Å². The molecule has 1 rings (SSSR count). The molecule has 0 unspecified atom stereocenters. The number of amides is 2. The molecule has 0 saturated heterocycles. The van der Waals surface area contributed by atoms with Crippen molar-refractivity contribution >= 4 is 17.6 Å². The molecular weight excluding hydrogens is 223 g/mol. The van der Waals surface area contributed by atoms with E-state index in [1.54, 1.807) is 19.9 Å². The Morgan fingerprint density at radius 3 is 2.53 bits per heavy atom. The van der Waals surface area contributed by atoms with Crippen molar-refractivity contribution in [2.45, 2.75) is 19.4 Å². The molecule has 1 aromatic carbocycles. The first-order valence-electron chi connectivity index (χ1n) is 5.01. The molecule has 0 radical (unpaired) electrons. The molecule has 0 heterocycles. The first-order chi connectivity index (χ1) is 7.83. The van der Waals surface area contributed by atoms with E-state index < -0.39 is 17.4 Å². The molecule has 0 fully saturated rings. The zero-order valence-corrected chi connectivity index (χ0v) is 9.67. The van der Waals surface area contributed by atoms with Crippen LogP contribution >= 0.6 is 0 Å². The van der Waals surface area contributed by atoms with Gasteiger partial charge in [0, 0.05) is 0 Å². The Labute approximate surface area is 98.7 Å². The molecule has 0 aromatic heterocycles. The third-order valence-electron chi connectivity index (χ3n) is 2.22. The molecule has 17 heavy (non-hydrogen) atoms. The topological polar surface area (TPSA) is 91.0 Å². The molecular formula is C11H15FN4O. The van der Waals surface area contributed by atoms with Crippen molar-refractivity contribution in [1.82, 2.24) is 5.32 Å². The Hall–Kier alpha value is -2.11. The van der Waals surface area contributed by atoms with Gasteiger partial charge in [0.05, 0.1) is 11.2 Å². The minimum atomic E-state index is -0.977. The highest BCUT2D eigenvalue weighted by Gasteiger charge is 2.24. The van der Waals surface area contributed by atoms with Crippen molar-refractivity contribution in [2.75, 3.05) is 5.32 Å². The minimum absolute atomic E-state index is 0.0735. The first-order valence-corrected chi connectivity index (χ1v) is 5.01. The molecule has 0 spiro atoms. The summed E-state index contributed by atoms with van der Waals surface area (Å²) in [6, 6.07) is 5.20. The monoisotopic (exact) mass is 238 g/mol. The lowest BCUT2D eigenvalue weighted by molar-refractivity contribution is 0.247. The highest BCUT2D eigenvalue weighted by molar-refractivity contribution is 5.95. The van der Waals surface area contributed by atoms with E-state index in [1.807, 2.05) is 0 Å². The van der Waals surface area contributed by atoms with Gasteiger partial charge in [-0.3, -0.25) is 5.41 Å². The molecule has 5 nitrogen and oxygen atoms in total. The number of hydrogen-bond donors (Lipinski definition) is 4. The van der Waals surface area contributed by atoms with Crippen molar-refractivity contribution in [2.24, 2.45) is 5.73 Å². The summed E-state index contributed by atoms with van der Waals surface area (Å²) in [7, 11) is 0. The lowest BCUT2D eigenvalue weighted by Crippen LogP contribution is -2.53. The molecule has 0 bridgehead atoms. The van der Waals surface area contributed by atoms with Crippen LogP contribution in [0.5, 0.6) is 0 Å². The predicted octanol–water partition coefficient (Wildman–Crippen LogP) is 1.66. The molecule has 92 valence electrons. The van der Waals surface area contributed by atoms with Crippen LogP contribution in [-0.4, -0.2) is 17.4 Å². The lowest BCUT2D eigenvalue weighted by Gasteiger charge is -2.24. The highest BCUT2D eigenvalue weighted by Crippen LogP contribution is 2.12. The van der Waals surface area contributed by atoms with Gasteiger partial charge in [0.25, 0.3) is 0 Å². The maximum atomic E-state index is 13.2. The third kappa shape index (κ3) is 3.44. The number of benzene rings is 1. The molecule has 6 heteroatoms. The predicted molar refractivity (Wildman–Crippen MR) is 64.5 cm³/mol. The van der Waals surface area contributed by atoms with Crippen molar-refractivity contribution < 1.29 is 9.18 Å². The molecule has 0 aliphatic carbocycles. The van der Waals surface area contributed by atoms with Gasteiger partial charge in [0.2, 0.25) is 0 Å². The van der Waals surface area contributed by atoms with Gasteiger partial charge >= 0.3 is 6.03 Å². The summed E-state index contributed by atoms with van der Waals surface area (Å²) in [6.45, 7) is 3.16. The number of hydrogen-bond acceptors (Lipinski definition) is 2. The van der Waals surface area contributed by atoms with E-state index in [4.69, 9.17) is 11.1 Å². The SMILES string of the molecule is CC(C)(NC(=O)Nc1ccccc1F)C(=N)N. The summed E-state index contributed by atoms with van der Waals surface area (Å²) < 4.78 is 13.2. The van der Waals surface area contributed by atoms with E-state index in [2.05, 4.69) is 10.6 Å². The molecule has 0 saturated carbocycles. The second-order valence-electron chi connectivity index (χ2n) is 4.10. The van der Waals surface area contributed by atoms with Crippen LogP contribution in [0.3, 0.4) is 0 Å². The van der Waals surface area contributed by atoms with E-state index in [0.29, 0.717) is 0 Å². The average Bonchev–Trinajstić information content (AvgIpc) is 2.20. The maximum Gasteiger partial charge on any atom is 0.320 e. The van der Waals surface area contributed by atoms with E-state index in [1.165, 1.54) is 18.2 Å². The van der Waals surface area contributed by atoms with Crippen LogP contribution in [-0.2, 0) is 0 Å². The van der Waals surface area contributed by atoms with Crippen molar-refractivity contribution in [3.8, 4) is 0 Å². The number of para-hydroxylation sites is 1. The zero-order valence-electron chi connectivity index (χ0n) is 9.67. The molecule has 0 atom stereocenters. The Bertz CT molecular complexity index is 445. The van der Waals surface area contributed by atoms with Gasteiger partial charge in [0.15, 0.2) is 0 Å². The second kappa shape index (κ2) is 4.82. The first kappa shape index (κ1) is 13.0. The number of nitrogens with one attached hydrogen (secondary N) is 3. The molecule has 5 N–H and O–H groups in total. The van der Waals surface area contributed by atoms with Crippen LogP contribution in [0.15, 0.2) is 24.3 Å². The summed E-state index contributed by atoms with van der Waals surface area (Å²) in [6.07, 6.45) is 0. The zero-order chi connectivity index (χ0) is 13.1. The minimum Gasteiger partial charge on any atom is -0.386 e. The molecule has 2 amide bonds. The largest absolute Gasteiger partial charge is 0.386 e. The fourth-order valence-electron chi connectivity index (χ4n) is 1.07. The van der Waals surface area contributed by atoms with Crippen LogP contribution in [0, 0.1) is 11.2 Å². The number of anilines is 1. The number of halogens is 1. The molecule has 1 aromatic rings. The van der Waals surface area contributed by atoms with E-state index in [0.717, 1.165) is 0 Å². The van der Waals surface area contributed by atoms with Crippen LogP contribution < -0.4 is 16.4 Å². The Kier molecular flexibility index (Phi) is 3.67. The highest BCUT2D eigenvalue weighted by atomic mass is 19.1. The molecule has 0 aliphatic heterocycles. The van der Waals surface area contributed by atoms with Gasteiger partial charge in [0.1, 0.15) is 11.7 Å². The lowest BCUT2D eigenvalue weighted by atomic mass is 10.1. The fourth-order valence-corrected chi connectivity index (χ4v) is 1.07. The van der Waals surface area contributed by atoms with E-state index >= 15 is 0 Å². The van der Waals surface area contributed by atoms with Crippen LogP contribution in [0.25, 0.3) is 0 Å². The third-order valence-corrected chi connectivity index (χ3v) is 2.22. The number of carbonyl (C=O) groups is 1. The van der Waals surface area contributed by atoms with Gasteiger partial charge in [-0.1, -0.05) is 12.1 Å². The quantitative estimate of drug-likeness (QED) is 0.476. The summed E-state index contributed by atoms with van der Waals surface area (Å²) in [5.74, 6) is -0.704. The van der Waals surface area contributed by atoms with E-state index in [-0.39, 0.29) is 11.5 Å². The van der Waals surface area contributed by atoms with Crippen molar-refractivity contribution in [3.05, 3.63) is 30.1 Å². The van der Waals surface area contributed by atoms with Crippen LogP contribution in [0.4, 0.5) is 14.9 Å². The van der Waals surface area contributed by atoms with E-state index in [9.17, 15) is 9.18 Å². The number of amidine groups is 1. The smallest absolute Gasteiger partial charge is 0.320 e. The van der Waals surface area contributed by atoms with Gasteiger partial charge < -0.3 is 16.4 Å². The summed E-state index contributed by atoms with van der Waals surface area (Å²) in [5.41, 5.74) is 4.41. The normalized spacial score (nSPS) is 10.8. The number of rotatable bonds is 3. The van der Waals surface area contributed by atoms with Gasteiger partial charge in [-0.2, -0.15) is 0 Å². The van der Waals surface area contributed by atoms with Crippen LogP contribution in [0.1, 0.15) is 13.8 Å². The Morgan fingerprint density at radius 1 is 1.41 bits per heavy atom. The summed E-state index contributed by atoms with van der Waals surface area (Å²) >= 11 is 0. The molecule has 0 aliphatic rings. The average molecular weight is 238 g/mol. The number of urea groups is 1. The maximum absolute atomic E-state index is 13.2. The van der Waals surface area contributed by atoms with Gasteiger partial charge in [-0.25, -0.2) is 9.18 Å². The fraction of sp³-hybridized carbons (Fsp3) is 0.273.